The number of esters is 1. The van der Waals surface area contributed by atoms with Gasteiger partial charge in [-0.05, 0) is 89.7 Å². The molecule has 1 N–H and O–H groups in total. The van der Waals surface area contributed by atoms with Crippen LogP contribution in [0.25, 0.3) is 0 Å². The molecule has 0 aromatic rings. The minimum atomic E-state index is -1.19. The SMILES string of the molecule is COC12C=CC(C)(O1)[C@@H](O)C[C@H]1C(C)=CC[C@H](C(C)C)[C@H]1C[C@H]2OC(=O)C(C)(C)C. The molecule has 0 spiro atoms. The molecule has 1 aliphatic carbocycles. The van der Waals surface area contributed by atoms with Gasteiger partial charge in [0.2, 0.25) is 5.79 Å². The molecule has 0 aromatic heterocycles. The topological polar surface area (TPSA) is 65.0 Å². The molecule has 2 aliphatic heterocycles. The largest absolute Gasteiger partial charge is 0.456 e. The Morgan fingerprint density at radius 1 is 1.27 bits per heavy atom. The third kappa shape index (κ3) is 4.13. The van der Waals surface area contributed by atoms with Gasteiger partial charge in [-0.1, -0.05) is 25.5 Å². The summed E-state index contributed by atoms with van der Waals surface area (Å²) in [7, 11) is 1.59. The van der Waals surface area contributed by atoms with Crippen LogP contribution < -0.4 is 0 Å². The molecule has 0 aromatic carbocycles. The van der Waals surface area contributed by atoms with Gasteiger partial charge in [0.1, 0.15) is 5.60 Å². The lowest BCUT2D eigenvalue weighted by Crippen LogP contribution is -2.52. The quantitative estimate of drug-likeness (QED) is 0.532. The molecule has 7 atom stereocenters. The van der Waals surface area contributed by atoms with E-state index in [0.29, 0.717) is 24.7 Å². The van der Waals surface area contributed by atoms with Gasteiger partial charge in [0.15, 0.2) is 6.10 Å². The highest BCUT2D eigenvalue weighted by Gasteiger charge is 2.56. The highest BCUT2D eigenvalue weighted by atomic mass is 16.7. The number of methoxy groups -OCH3 is 1. The molecule has 0 saturated carbocycles. The van der Waals surface area contributed by atoms with Crippen LogP contribution in [-0.4, -0.2) is 41.8 Å². The summed E-state index contributed by atoms with van der Waals surface area (Å²) in [6, 6.07) is 0. The van der Waals surface area contributed by atoms with Gasteiger partial charge in [-0.15, -0.1) is 0 Å². The van der Waals surface area contributed by atoms with Crippen LogP contribution in [0.5, 0.6) is 0 Å². The van der Waals surface area contributed by atoms with Crippen LogP contribution >= 0.6 is 0 Å². The van der Waals surface area contributed by atoms with Crippen molar-refractivity contribution in [2.45, 2.75) is 91.3 Å². The molecule has 2 unspecified atom stereocenters. The number of aliphatic hydroxyl groups excluding tert-OH is 1. The molecule has 0 radical (unpaired) electrons. The fraction of sp³-hybridized carbons (Fsp3) is 0.800. The highest BCUT2D eigenvalue weighted by Crippen LogP contribution is 2.50. The molecule has 2 bridgehead atoms. The Balaban J connectivity index is 2.08. The molecule has 0 amide bonds. The zero-order valence-corrected chi connectivity index (χ0v) is 19.9. The van der Waals surface area contributed by atoms with Crippen molar-refractivity contribution in [3.05, 3.63) is 23.8 Å². The fourth-order valence-electron chi connectivity index (χ4n) is 5.36. The smallest absolute Gasteiger partial charge is 0.311 e. The van der Waals surface area contributed by atoms with Crippen molar-refractivity contribution < 1.29 is 24.1 Å². The van der Waals surface area contributed by atoms with Gasteiger partial charge in [0.05, 0.1) is 11.5 Å². The summed E-state index contributed by atoms with van der Waals surface area (Å²) in [6.45, 7) is 14.1. The van der Waals surface area contributed by atoms with Crippen LogP contribution in [0.3, 0.4) is 0 Å². The first-order valence-corrected chi connectivity index (χ1v) is 11.3. The van der Waals surface area contributed by atoms with Gasteiger partial charge in [-0.25, -0.2) is 0 Å². The molecule has 3 rings (SSSR count). The Morgan fingerprint density at radius 2 is 1.93 bits per heavy atom. The number of carbonyl (C=O) groups excluding carboxylic acids is 1. The Labute approximate surface area is 181 Å². The van der Waals surface area contributed by atoms with E-state index in [2.05, 4.69) is 26.8 Å². The van der Waals surface area contributed by atoms with Crippen molar-refractivity contribution in [3.63, 3.8) is 0 Å². The zero-order chi connectivity index (χ0) is 22.5. The van der Waals surface area contributed by atoms with E-state index in [0.717, 1.165) is 6.42 Å². The minimum Gasteiger partial charge on any atom is -0.456 e. The lowest BCUT2D eigenvalue weighted by atomic mass is 9.64. The molecular weight excluding hydrogens is 380 g/mol. The Bertz CT molecular complexity index is 718. The second kappa shape index (κ2) is 8.07. The van der Waals surface area contributed by atoms with Gasteiger partial charge >= 0.3 is 5.97 Å². The van der Waals surface area contributed by atoms with E-state index >= 15 is 0 Å². The summed E-state index contributed by atoms with van der Waals surface area (Å²) in [5, 5.41) is 11.2. The molecule has 5 nitrogen and oxygen atoms in total. The van der Waals surface area contributed by atoms with Gasteiger partial charge in [0.25, 0.3) is 0 Å². The average Bonchev–Trinajstić information content (AvgIpc) is 3.02. The standard InChI is InChI=1S/C25H40O5/c1-15(2)17-10-9-16(3)18-13-20(26)24(7)11-12-25(28-8,30-24)21(14-19(17)18)29-22(27)23(4,5)6/h9,11-12,15,17-21,26H,10,13-14H2,1-8H3/t17-,18+,19-,20+,21-,24?,25?/m1/s1. The van der Waals surface area contributed by atoms with E-state index in [1.807, 2.05) is 39.8 Å². The van der Waals surface area contributed by atoms with E-state index in [1.165, 1.54) is 5.57 Å². The molecule has 3 aliphatic rings. The first-order valence-electron chi connectivity index (χ1n) is 11.3. The number of rotatable bonds is 3. The second-order valence-corrected chi connectivity index (χ2v) is 11.0. The van der Waals surface area contributed by atoms with Crippen LogP contribution in [0.15, 0.2) is 23.8 Å². The molecule has 5 heteroatoms. The average molecular weight is 421 g/mol. The number of fused-ring (bicyclic) bond motifs is 3. The van der Waals surface area contributed by atoms with Gasteiger partial charge in [-0.2, -0.15) is 0 Å². The van der Waals surface area contributed by atoms with Crippen molar-refractivity contribution in [2.75, 3.05) is 7.11 Å². The normalized spacial score (nSPS) is 41.5. The molecule has 1 fully saturated rings. The summed E-state index contributed by atoms with van der Waals surface area (Å²) >= 11 is 0. The molecule has 30 heavy (non-hydrogen) atoms. The zero-order valence-electron chi connectivity index (χ0n) is 19.9. The van der Waals surface area contributed by atoms with E-state index in [9.17, 15) is 9.90 Å². The number of ether oxygens (including phenoxy) is 3. The maximum Gasteiger partial charge on any atom is 0.311 e. The fourth-order valence-corrected chi connectivity index (χ4v) is 5.36. The molecule has 1 saturated heterocycles. The number of allylic oxidation sites excluding steroid dienone is 2. The monoisotopic (exact) mass is 420 g/mol. The summed E-state index contributed by atoms with van der Waals surface area (Å²) in [5.74, 6) is -0.0312. The maximum atomic E-state index is 12.9. The van der Waals surface area contributed by atoms with Crippen molar-refractivity contribution in [1.29, 1.82) is 0 Å². The van der Waals surface area contributed by atoms with E-state index in [-0.39, 0.29) is 17.8 Å². The Kier molecular flexibility index (Phi) is 6.32. The number of hydrogen-bond acceptors (Lipinski definition) is 5. The number of aliphatic hydroxyl groups is 1. The summed E-state index contributed by atoms with van der Waals surface area (Å²) in [5.41, 5.74) is -0.200. The number of carbonyl (C=O) groups is 1. The van der Waals surface area contributed by atoms with Crippen LogP contribution in [0, 0.1) is 29.1 Å². The predicted molar refractivity (Wildman–Crippen MR) is 117 cm³/mol. The van der Waals surface area contributed by atoms with Crippen LogP contribution in [-0.2, 0) is 19.0 Å². The minimum absolute atomic E-state index is 0.221. The first-order chi connectivity index (χ1) is 13.8. The third-order valence-corrected chi connectivity index (χ3v) is 7.50. The molecule has 170 valence electrons. The van der Waals surface area contributed by atoms with Crippen molar-refractivity contribution >= 4 is 5.97 Å². The van der Waals surface area contributed by atoms with E-state index in [1.54, 1.807) is 7.11 Å². The van der Waals surface area contributed by atoms with Crippen molar-refractivity contribution in [3.8, 4) is 0 Å². The number of hydrogen-bond donors (Lipinski definition) is 1. The summed E-state index contributed by atoms with van der Waals surface area (Å²) < 4.78 is 18.4. The van der Waals surface area contributed by atoms with Crippen molar-refractivity contribution in [2.24, 2.45) is 29.1 Å². The van der Waals surface area contributed by atoms with Crippen LogP contribution in [0.1, 0.15) is 67.7 Å². The van der Waals surface area contributed by atoms with E-state index < -0.39 is 29.0 Å². The molecule has 2 heterocycles. The summed E-state index contributed by atoms with van der Waals surface area (Å²) in [6.07, 6.45) is 7.05. The van der Waals surface area contributed by atoms with Gasteiger partial charge in [-0.3, -0.25) is 4.79 Å². The maximum absolute atomic E-state index is 12.9. The van der Waals surface area contributed by atoms with Crippen molar-refractivity contribution in [1.82, 2.24) is 0 Å². The second-order valence-electron chi connectivity index (χ2n) is 11.0. The van der Waals surface area contributed by atoms with Gasteiger partial charge in [0, 0.05) is 7.11 Å². The Hall–Kier alpha value is -1.17. The summed E-state index contributed by atoms with van der Waals surface area (Å²) in [4.78, 5) is 12.9. The van der Waals surface area contributed by atoms with Crippen LogP contribution in [0.2, 0.25) is 0 Å². The predicted octanol–water partition coefficient (Wildman–Crippen LogP) is 4.64. The first kappa shape index (κ1) is 23.5. The highest BCUT2D eigenvalue weighted by molar-refractivity contribution is 5.75. The van der Waals surface area contributed by atoms with Crippen LogP contribution in [0.4, 0.5) is 0 Å². The lowest BCUT2D eigenvalue weighted by Gasteiger charge is -2.43. The Morgan fingerprint density at radius 3 is 2.50 bits per heavy atom. The molecular formula is C25H40O5. The van der Waals surface area contributed by atoms with Gasteiger partial charge < -0.3 is 19.3 Å². The third-order valence-electron chi connectivity index (χ3n) is 7.50. The van der Waals surface area contributed by atoms with E-state index in [4.69, 9.17) is 14.2 Å². The lowest BCUT2D eigenvalue weighted by molar-refractivity contribution is -0.282.